The largest absolute Gasteiger partial charge is 0.379 e. The zero-order valence-corrected chi connectivity index (χ0v) is 17.0. The minimum atomic E-state index is 0. The summed E-state index contributed by atoms with van der Waals surface area (Å²) >= 11 is 0. The van der Waals surface area contributed by atoms with Crippen LogP contribution in [0.25, 0.3) is 0 Å². The van der Waals surface area contributed by atoms with Crippen molar-refractivity contribution in [1.29, 1.82) is 0 Å². The molecule has 2 N–H and O–H groups in total. The highest BCUT2D eigenvalue weighted by molar-refractivity contribution is 14.0. The van der Waals surface area contributed by atoms with Crippen molar-refractivity contribution in [3.8, 4) is 0 Å². The molecule has 8 heteroatoms. The molecule has 0 aromatic carbocycles. The molecule has 1 aliphatic rings. The summed E-state index contributed by atoms with van der Waals surface area (Å²) in [6.45, 7) is 8.06. The topological polar surface area (TPSA) is 76.4 Å². The first-order chi connectivity index (χ1) is 10.4. The van der Waals surface area contributed by atoms with Crippen molar-refractivity contribution in [3.05, 3.63) is 12.2 Å². The molecule has 0 aliphatic carbocycles. The molecule has 0 fully saturated rings. The van der Waals surface area contributed by atoms with Gasteiger partial charge in [-0.1, -0.05) is 20.8 Å². The molecule has 2 heterocycles. The smallest absolute Gasteiger partial charge is 0.191 e. The van der Waals surface area contributed by atoms with Gasteiger partial charge >= 0.3 is 0 Å². The highest BCUT2D eigenvalue weighted by Crippen LogP contribution is 2.21. The molecule has 0 spiro atoms. The number of nitrogens with zero attached hydrogens (tertiary/aromatic N) is 4. The quantitative estimate of drug-likeness (QED) is 0.425. The van der Waals surface area contributed by atoms with Crippen molar-refractivity contribution in [2.75, 3.05) is 20.7 Å². The number of rotatable bonds is 4. The lowest BCUT2D eigenvalue weighted by Gasteiger charge is -2.31. The standard InChI is InChI=1S/C15H28N6O.HI/c1-15(2,3)12(22-5)8-17-14(16-4)20-11-6-7-13-18-10-19-21(13)9-11;/h10-12H,6-9H2,1-5H3,(H2,16,17,20);1H. The summed E-state index contributed by atoms with van der Waals surface area (Å²) in [5.41, 5.74) is 0.0844. The van der Waals surface area contributed by atoms with E-state index in [2.05, 4.69) is 46.5 Å². The molecular weight excluding hydrogens is 407 g/mol. The van der Waals surface area contributed by atoms with Gasteiger partial charge in [-0.25, -0.2) is 9.67 Å². The van der Waals surface area contributed by atoms with Gasteiger partial charge in [-0.3, -0.25) is 4.99 Å². The third-order valence-electron chi connectivity index (χ3n) is 4.08. The van der Waals surface area contributed by atoms with Crippen LogP contribution < -0.4 is 10.6 Å². The van der Waals surface area contributed by atoms with Crippen LogP contribution in [0.1, 0.15) is 33.0 Å². The molecule has 2 atom stereocenters. The Bertz CT molecular complexity index is 510. The number of aliphatic imine (C=N–C) groups is 1. The van der Waals surface area contributed by atoms with Gasteiger partial charge in [-0.05, 0) is 11.8 Å². The van der Waals surface area contributed by atoms with E-state index in [1.165, 1.54) is 0 Å². The van der Waals surface area contributed by atoms with Crippen molar-refractivity contribution in [1.82, 2.24) is 25.4 Å². The second-order valence-corrected chi connectivity index (χ2v) is 6.78. The van der Waals surface area contributed by atoms with Crippen LogP contribution in [0, 0.1) is 5.41 Å². The Morgan fingerprint density at radius 1 is 1.52 bits per heavy atom. The van der Waals surface area contributed by atoms with E-state index in [1.54, 1.807) is 20.5 Å². The van der Waals surface area contributed by atoms with Crippen LogP contribution in [0.2, 0.25) is 0 Å². The van der Waals surface area contributed by atoms with Crippen LogP contribution in [0.3, 0.4) is 0 Å². The Kier molecular flexibility index (Phi) is 7.72. The summed E-state index contributed by atoms with van der Waals surface area (Å²) in [4.78, 5) is 8.56. The molecule has 1 aliphatic heterocycles. The Morgan fingerprint density at radius 3 is 2.87 bits per heavy atom. The van der Waals surface area contributed by atoms with E-state index in [1.807, 2.05) is 4.68 Å². The molecule has 0 radical (unpaired) electrons. The lowest BCUT2D eigenvalue weighted by molar-refractivity contribution is 0.0205. The molecule has 0 saturated carbocycles. The van der Waals surface area contributed by atoms with E-state index in [4.69, 9.17) is 4.74 Å². The maximum atomic E-state index is 5.57. The van der Waals surface area contributed by atoms with E-state index in [9.17, 15) is 0 Å². The second kappa shape index (κ2) is 8.81. The number of fused-ring (bicyclic) bond motifs is 1. The van der Waals surface area contributed by atoms with E-state index in [0.717, 1.165) is 37.7 Å². The minimum absolute atomic E-state index is 0. The lowest BCUT2D eigenvalue weighted by atomic mass is 9.89. The summed E-state index contributed by atoms with van der Waals surface area (Å²) in [5, 5.41) is 11.1. The maximum Gasteiger partial charge on any atom is 0.191 e. The number of guanidine groups is 1. The van der Waals surface area contributed by atoms with Crippen molar-refractivity contribution >= 4 is 29.9 Å². The average molecular weight is 436 g/mol. The molecule has 1 aromatic rings. The molecule has 7 nitrogen and oxygen atoms in total. The predicted octanol–water partition coefficient (Wildman–Crippen LogP) is 1.44. The zero-order valence-electron chi connectivity index (χ0n) is 14.7. The molecule has 2 rings (SSSR count). The normalized spacial score (nSPS) is 19.5. The van der Waals surface area contributed by atoms with Gasteiger partial charge in [-0.2, -0.15) is 5.10 Å². The summed E-state index contributed by atoms with van der Waals surface area (Å²) in [5.74, 6) is 1.87. The number of ether oxygens (including phenoxy) is 1. The first kappa shape index (κ1) is 20.1. The van der Waals surface area contributed by atoms with Gasteiger partial charge in [0, 0.05) is 33.2 Å². The number of methoxy groups -OCH3 is 1. The summed E-state index contributed by atoms with van der Waals surface area (Å²) in [6, 6.07) is 0.316. The van der Waals surface area contributed by atoms with Gasteiger partial charge in [0.15, 0.2) is 5.96 Å². The third kappa shape index (κ3) is 5.59. The van der Waals surface area contributed by atoms with E-state index >= 15 is 0 Å². The SMILES string of the molecule is CN=C(NCC(OC)C(C)(C)C)NC1CCc2ncnn2C1.I. The zero-order chi connectivity index (χ0) is 16.2. The van der Waals surface area contributed by atoms with E-state index in [0.29, 0.717) is 6.04 Å². The summed E-state index contributed by atoms with van der Waals surface area (Å²) < 4.78 is 7.53. The van der Waals surface area contributed by atoms with Gasteiger partial charge in [0.1, 0.15) is 12.2 Å². The highest BCUT2D eigenvalue weighted by atomic mass is 127. The van der Waals surface area contributed by atoms with Crippen LogP contribution >= 0.6 is 24.0 Å². The molecule has 2 unspecified atom stereocenters. The number of halogens is 1. The Balaban J connectivity index is 0.00000264. The fourth-order valence-electron chi connectivity index (χ4n) is 2.68. The highest BCUT2D eigenvalue weighted by Gasteiger charge is 2.25. The van der Waals surface area contributed by atoms with Crippen molar-refractivity contribution < 1.29 is 4.74 Å². The number of hydrogen-bond acceptors (Lipinski definition) is 4. The van der Waals surface area contributed by atoms with Crippen LogP contribution in [-0.2, 0) is 17.7 Å². The van der Waals surface area contributed by atoms with Crippen molar-refractivity contribution in [3.63, 3.8) is 0 Å². The first-order valence-electron chi connectivity index (χ1n) is 7.80. The Hall–Kier alpha value is -0.900. The van der Waals surface area contributed by atoms with Gasteiger partial charge < -0.3 is 15.4 Å². The molecule has 1 aromatic heterocycles. The second-order valence-electron chi connectivity index (χ2n) is 6.78. The fourth-order valence-corrected chi connectivity index (χ4v) is 2.68. The maximum absolute atomic E-state index is 5.57. The lowest BCUT2D eigenvalue weighted by Crippen LogP contribution is -2.50. The monoisotopic (exact) mass is 436 g/mol. The third-order valence-corrected chi connectivity index (χ3v) is 4.08. The van der Waals surface area contributed by atoms with E-state index < -0.39 is 0 Å². The van der Waals surface area contributed by atoms with Crippen LogP contribution in [0.4, 0.5) is 0 Å². The van der Waals surface area contributed by atoms with Gasteiger partial charge in [-0.15, -0.1) is 24.0 Å². The Morgan fingerprint density at radius 2 is 2.26 bits per heavy atom. The summed E-state index contributed by atoms with van der Waals surface area (Å²) in [7, 11) is 3.54. The van der Waals surface area contributed by atoms with Crippen molar-refractivity contribution in [2.24, 2.45) is 10.4 Å². The molecule has 132 valence electrons. The number of aromatic nitrogens is 3. The average Bonchev–Trinajstić information content (AvgIpc) is 2.92. The van der Waals surface area contributed by atoms with E-state index in [-0.39, 0.29) is 35.5 Å². The predicted molar refractivity (Wildman–Crippen MR) is 102 cm³/mol. The molecule has 0 bridgehead atoms. The fraction of sp³-hybridized carbons (Fsp3) is 0.800. The van der Waals surface area contributed by atoms with Gasteiger partial charge in [0.05, 0.1) is 12.6 Å². The number of nitrogens with one attached hydrogen (secondary N) is 2. The molecule has 23 heavy (non-hydrogen) atoms. The van der Waals surface area contributed by atoms with Gasteiger partial charge in [0.2, 0.25) is 0 Å². The van der Waals surface area contributed by atoms with Crippen molar-refractivity contribution in [2.45, 2.75) is 52.3 Å². The summed E-state index contributed by atoms with van der Waals surface area (Å²) in [6.07, 6.45) is 3.72. The number of hydrogen-bond donors (Lipinski definition) is 2. The first-order valence-corrected chi connectivity index (χ1v) is 7.80. The molecule has 0 saturated heterocycles. The van der Waals surface area contributed by atoms with Crippen LogP contribution in [-0.4, -0.2) is 53.6 Å². The Labute approximate surface area is 155 Å². The molecular formula is C15H29IN6O. The van der Waals surface area contributed by atoms with Crippen LogP contribution in [0.15, 0.2) is 11.3 Å². The molecule has 0 amide bonds. The van der Waals surface area contributed by atoms with Gasteiger partial charge in [0.25, 0.3) is 0 Å². The van der Waals surface area contributed by atoms with Crippen LogP contribution in [0.5, 0.6) is 0 Å². The minimum Gasteiger partial charge on any atom is -0.379 e. The number of aryl methyl sites for hydroxylation is 1.